The number of hydrogen-bond donors (Lipinski definition) is 3. The van der Waals surface area contributed by atoms with E-state index in [1.165, 1.54) is 6.07 Å². The minimum absolute atomic E-state index is 0.0323. The number of aliphatic hydroxyl groups excluding tert-OH is 2. The first kappa shape index (κ1) is 14.2. The van der Waals surface area contributed by atoms with Crippen molar-refractivity contribution in [2.24, 2.45) is 5.14 Å². The van der Waals surface area contributed by atoms with Crippen LogP contribution in [-0.4, -0.2) is 37.9 Å². The zero-order valence-electron chi connectivity index (χ0n) is 9.81. The minimum atomic E-state index is -3.70. The summed E-state index contributed by atoms with van der Waals surface area (Å²) < 4.78 is 28.6. The standard InChI is InChI=1S/C11H13NO5S2/c12-19(15,16)11-3-7-1-2-9(4-10(7)18-11)17-6-8(14)5-13/h1-4,8,13-14H,5-6H2,(H2,12,15,16). The fraction of sp³-hybridized carbons (Fsp3) is 0.273. The van der Waals surface area contributed by atoms with Gasteiger partial charge in [0.15, 0.2) is 0 Å². The molecule has 19 heavy (non-hydrogen) atoms. The summed E-state index contributed by atoms with van der Waals surface area (Å²) in [6.07, 6.45) is -0.945. The third kappa shape index (κ3) is 3.43. The first-order valence-corrected chi connectivity index (χ1v) is 7.74. The van der Waals surface area contributed by atoms with Crippen LogP contribution in [0.5, 0.6) is 5.75 Å². The van der Waals surface area contributed by atoms with Crippen LogP contribution in [0.15, 0.2) is 28.5 Å². The second kappa shape index (κ2) is 5.43. The van der Waals surface area contributed by atoms with E-state index in [0.29, 0.717) is 5.75 Å². The lowest BCUT2D eigenvalue weighted by Gasteiger charge is -2.09. The Kier molecular flexibility index (Phi) is 4.07. The topological polar surface area (TPSA) is 110 Å². The third-order valence-electron chi connectivity index (χ3n) is 2.40. The van der Waals surface area contributed by atoms with E-state index in [0.717, 1.165) is 21.4 Å². The van der Waals surface area contributed by atoms with Crippen molar-refractivity contribution in [3.63, 3.8) is 0 Å². The maximum absolute atomic E-state index is 11.2. The van der Waals surface area contributed by atoms with Gasteiger partial charge < -0.3 is 14.9 Å². The zero-order valence-corrected chi connectivity index (χ0v) is 11.4. The Morgan fingerprint density at radius 2 is 2.11 bits per heavy atom. The lowest BCUT2D eigenvalue weighted by molar-refractivity contribution is 0.0536. The van der Waals surface area contributed by atoms with Gasteiger partial charge in [-0.2, -0.15) is 0 Å². The molecule has 104 valence electrons. The Morgan fingerprint density at radius 3 is 2.74 bits per heavy atom. The molecule has 2 rings (SSSR count). The van der Waals surface area contributed by atoms with Gasteiger partial charge in [-0.15, -0.1) is 11.3 Å². The number of aliphatic hydroxyl groups is 2. The van der Waals surface area contributed by atoms with E-state index in [1.54, 1.807) is 18.2 Å². The van der Waals surface area contributed by atoms with Gasteiger partial charge in [0.25, 0.3) is 0 Å². The number of ether oxygens (including phenoxy) is 1. The van der Waals surface area contributed by atoms with Crippen LogP contribution in [0, 0.1) is 0 Å². The molecule has 1 aromatic carbocycles. The molecule has 6 nitrogen and oxygen atoms in total. The molecule has 0 saturated heterocycles. The molecular weight excluding hydrogens is 290 g/mol. The number of fused-ring (bicyclic) bond motifs is 1. The Hall–Kier alpha value is -1.19. The van der Waals surface area contributed by atoms with Crippen LogP contribution in [0.2, 0.25) is 0 Å². The van der Waals surface area contributed by atoms with Crippen molar-refractivity contribution < 1.29 is 23.4 Å². The zero-order chi connectivity index (χ0) is 14.0. The molecule has 0 fully saturated rings. The maximum Gasteiger partial charge on any atom is 0.247 e. The summed E-state index contributed by atoms with van der Waals surface area (Å²) in [7, 11) is -3.70. The SMILES string of the molecule is NS(=O)(=O)c1cc2ccc(OCC(O)CO)cc2s1. The van der Waals surface area contributed by atoms with E-state index in [1.807, 2.05) is 0 Å². The van der Waals surface area contributed by atoms with Gasteiger partial charge in [-0.05, 0) is 29.7 Å². The molecular formula is C11H13NO5S2. The van der Waals surface area contributed by atoms with Crippen molar-refractivity contribution in [2.45, 2.75) is 10.3 Å². The van der Waals surface area contributed by atoms with Gasteiger partial charge in [-0.25, -0.2) is 13.6 Å². The smallest absolute Gasteiger partial charge is 0.247 e. The maximum atomic E-state index is 11.2. The summed E-state index contributed by atoms with van der Waals surface area (Å²) in [6.45, 7) is -0.410. The van der Waals surface area contributed by atoms with E-state index in [4.69, 9.17) is 15.0 Å². The van der Waals surface area contributed by atoms with Crippen molar-refractivity contribution in [1.29, 1.82) is 0 Å². The van der Waals surface area contributed by atoms with Crippen molar-refractivity contribution >= 4 is 31.4 Å². The second-order valence-electron chi connectivity index (χ2n) is 3.96. The Balaban J connectivity index is 2.26. The van der Waals surface area contributed by atoms with Gasteiger partial charge in [-0.3, -0.25) is 0 Å². The van der Waals surface area contributed by atoms with Crippen molar-refractivity contribution in [3.8, 4) is 5.75 Å². The van der Waals surface area contributed by atoms with Gasteiger partial charge in [0.1, 0.15) is 22.7 Å². The van der Waals surface area contributed by atoms with E-state index in [2.05, 4.69) is 0 Å². The molecule has 0 aliphatic heterocycles. The number of rotatable bonds is 5. The summed E-state index contributed by atoms with van der Waals surface area (Å²) in [5.74, 6) is 0.489. The largest absolute Gasteiger partial charge is 0.491 e. The van der Waals surface area contributed by atoms with Gasteiger partial charge in [0.2, 0.25) is 10.0 Å². The first-order valence-electron chi connectivity index (χ1n) is 5.38. The molecule has 0 radical (unpaired) electrons. The van der Waals surface area contributed by atoms with Crippen molar-refractivity contribution in [2.75, 3.05) is 13.2 Å². The molecule has 2 aromatic rings. The molecule has 0 spiro atoms. The molecule has 0 amide bonds. The van der Waals surface area contributed by atoms with Gasteiger partial charge in [-0.1, -0.05) is 0 Å². The number of sulfonamides is 1. The van der Waals surface area contributed by atoms with Crippen molar-refractivity contribution in [1.82, 2.24) is 0 Å². The first-order chi connectivity index (χ1) is 8.90. The Labute approximate surface area is 114 Å². The number of thiophene rings is 1. The van der Waals surface area contributed by atoms with Crippen LogP contribution in [0.1, 0.15) is 0 Å². The molecule has 1 unspecified atom stereocenters. The molecule has 8 heteroatoms. The average Bonchev–Trinajstić information content (AvgIpc) is 2.78. The highest BCUT2D eigenvalue weighted by atomic mass is 32.2. The molecule has 0 saturated carbocycles. The molecule has 0 bridgehead atoms. The number of benzene rings is 1. The lowest BCUT2D eigenvalue weighted by Crippen LogP contribution is -2.21. The summed E-state index contributed by atoms with van der Waals surface area (Å²) in [5, 5.41) is 23.7. The van der Waals surface area contributed by atoms with Crippen LogP contribution >= 0.6 is 11.3 Å². The molecule has 1 aromatic heterocycles. The Bertz CT molecular complexity index is 679. The van der Waals surface area contributed by atoms with Crippen LogP contribution in [0.25, 0.3) is 10.1 Å². The Morgan fingerprint density at radius 1 is 1.37 bits per heavy atom. The fourth-order valence-corrected chi connectivity index (χ4v) is 3.31. The van der Waals surface area contributed by atoms with Crippen LogP contribution < -0.4 is 9.88 Å². The normalized spacial score (nSPS) is 13.6. The molecule has 1 heterocycles. The summed E-state index contributed by atoms with van der Waals surface area (Å²) in [6, 6.07) is 6.54. The van der Waals surface area contributed by atoms with E-state index in [-0.39, 0.29) is 17.4 Å². The van der Waals surface area contributed by atoms with E-state index in [9.17, 15) is 13.5 Å². The van der Waals surface area contributed by atoms with Crippen LogP contribution in [-0.2, 0) is 10.0 Å². The average molecular weight is 303 g/mol. The fourth-order valence-electron chi connectivity index (χ4n) is 1.46. The monoisotopic (exact) mass is 303 g/mol. The van der Waals surface area contributed by atoms with Crippen LogP contribution in [0.4, 0.5) is 0 Å². The van der Waals surface area contributed by atoms with Crippen LogP contribution in [0.3, 0.4) is 0 Å². The van der Waals surface area contributed by atoms with E-state index >= 15 is 0 Å². The highest BCUT2D eigenvalue weighted by Crippen LogP contribution is 2.31. The summed E-state index contributed by atoms with van der Waals surface area (Å²) in [5.41, 5.74) is 0. The molecule has 0 aliphatic rings. The van der Waals surface area contributed by atoms with Gasteiger partial charge in [0, 0.05) is 4.70 Å². The highest BCUT2D eigenvalue weighted by Gasteiger charge is 2.13. The minimum Gasteiger partial charge on any atom is -0.491 e. The third-order valence-corrected chi connectivity index (χ3v) is 4.92. The van der Waals surface area contributed by atoms with Crippen molar-refractivity contribution in [3.05, 3.63) is 24.3 Å². The number of primary sulfonamides is 1. The summed E-state index contributed by atoms with van der Waals surface area (Å²) in [4.78, 5) is 0. The molecule has 4 N–H and O–H groups in total. The van der Waals surface area contributed by atoms with E-state index < -0.39 is 16.1 Å². The second-order valence-corrected chi connectivity index (χ2v) is 6.83. The predicted molar refractivity (Wildman–Crippen MR) is 71.8 cm³/mol. The quantitative estimate of drug-likeness (QED) is 0.735. The highest BCUT2D eigenvalue weighted by molar-refractivity contribution is 7.91. The molecule has 0 aliphatic carbocycles. The number of hydrogen-bond acceptors (Lipinski definition) is 6. The van der Waals surface area contributed by atoms with Gasteiger partial charge >= 0.3 is 0 Å². The lowest BCUT2D eigenvalue weighted by atomic mass is 10.2. The van der Waals surface area contributed by atoms with Gasteiger partial charge in [0.05, 0.1) is 6.61 Å². The number of nitrogens with two attached hydrogens (primary N) is 1. The predicted octanol–water partition coefficient (Wildman–Crippen LogP) is 0.281. The molecule has 1 atom stereocenters. The summed E-state index contributed by atoms with van der Waals surface area (Å²) >= 11 is 1.05.